The number of nitriles is 1. The molecule has 0 aliphatic rings. The summed E-state index contributed by atoms with van der Waals surface area (Å²) in [6.07, 6.45) is 0. The molecule has 5 heteroatoms. The summed E-state index contributed by atoms with van der Waals surface area (Å²) in [6, 6.07) is 13.3. The molecule has 1 atom stereocenters. The highest BCUT2D eigenvalue weighted by molar-refractivity contribution is 7.89. The van der Waals surface area contributed by atoms with E-state index in [9.17, 15) is 13.7 Å². The van der Waals surface area contributed by atoms with Gasteiger partial charge in [-0.05, 0) is 44.0 Å². The van der Waals surface area contributed by atoms with Crippen LogP contribution in [0.15, 0.2) is 47.4 Å². The fraction of sp³-hybridized carbons (Fsp3) is 0.235. The molecule has 2 aromatic rings. The van der Waals surface area contributed by atoms with Crippen LogP contribution >= 0.6 is 0 Å². The van der Waals surface area contributed by atoms with Gasteiger partial charge in [0, 0.05) is 0 Å². The Kier molecular flexibility index (Phi) is 4.65. The SMILES string of the molecule is Cc1ccc(S(=O)(=O)NC(C#N)c2cc(C)ccc2C)cc1. The fourth-order valence-electron chi connectivity index (χ4n) is 2.17. The van der Waals surface area contributed by atoms with E-state index < -0.39 is 16.1 Å². The molecular weight excluding hydrogens is 296 g/mol. The zero-order valence-electron chi connectivity index (χ0n) is 12.8. The first-order chi connectivity index (χ1) is 10.3. The van der Waals surface area contributed by atoms with Crippen molar-refractivity contribution in [2.24, 2.45) is 0 Å². The van der Waals surface area contributed by atoms with Crippen LogP contribution in [-0.2, 0) is 10.0 Å². The van der Waals surface area contributed by atoms with Gasteiger partial charge in [0.05, 0.1) is 11.0 Å². The highest BCUT2D eigenvalue weighted by Crippen LogP contribution is 2.21. The van der Waals surface area contributed by atoms with E-state index in [2.05, 4.69) is 4.72 Å². The average molecular weight is 314 g/mol. The van der Waals surface area contributed by atoms with Gasteiger partial charge in [-0.1, -0.05) is 41.5 Å². The topological polar surface area (TPSA) is 70.0 Å². The Morgan fingerprint density at radius 2 is 1.59 bits per heavy atom. The van der Waals surface area contributed by atoms with Crippen LogP contribution in [0.5, 0.6) is 0 Å². The second-order valence-corrected chi connectivity index (χ2v) is 7.07. The third-order valence-corrected chi connectivity index (χ3v) is 4.92. The van der Waals surface area contributed by atoms with Crippen LogP contribution in [0.2, 0.25) is 0 Å². The first-order valence-corrected chi connectivity index (χ1v) is 8.37. The minimum absolute atomic E-state index is 0.156. The van der Waals surface area contributed by atoms with Crippen molar-refractivity contribution < 1.29 is 8.42 Å². The Balaban J connectivity index is 2.36. The molecule has 1 unspecified atom stereocenters. The number of aryl methyl sites for hydroxylation is 3. The lowest BCUT2D eigenvalue weighted by Crippen LogP contribution is -2.28. The number of hydrogen-bond donors (Lipinski definition) is 1. The van der Waals surface area contributed by atoms with Crippen LogP contribution in [0.3, 0.4) is 0 Å². The molecule has 0 saturated heterocycles. The summed E-state index contributed by atoms with van der Waals surface area (Å²) in [6.45, 7) is 5.66. The van der Waals surface area contributed by atoms with Gasteiger partial charge in [-0.15, -0.1) is 0 Å². The number of hydrogen-bond acceptors (Lipinski definition) is 3. The Morgan fingerprint density at radius 3 is 2.18 bits per heavy atom. The number of sulfonamides is 1. The molecule has 0 amide bonds. The second kappa shape index (κ2) is 6.30. The minimum atomic E-state index is -3.74. The van der Waals surface area contributed by atoms with Gasteiger partial charge in [-0.2, -0.15) is 9.98 Å². The Bertz CT molecular complexity index is 819. The maximum atomic E-state index is 12.4. The molecule has 0 fully saturated rings. The van der Waals surface area contributed by atoms with Crippen LogP contribution in [0, 0.1) is 32.1 Å². The van der Waals surface area contributed by atoms with E-state index >= 15 is 0 Å². The quantitative estimate of drug-likeness (QED) is 0.942. The van der Waals surface area contributed by atoms with Gasteiger partial charge in [0.25, 0.3) is 0 Å². The summed E-state index contributed by atoms with van der Waals surface area (Å²) < 4.78 is 27.3. The van der Waals surface area contributed by atoms with Crippen LogP contribution < -0.4 is 4.72 Å². The number of nitrogens with zero attached hydrogens (tertiary/aromatic N) is 1. The van der Waals surface area contributed by atoms with E-state index in [-0.39, 0.29) is 4.90 Å². The van der Waals surface area contributed by atoms with Crippen molar-refractivity contribution in [3.8, 4) is 6.07 Å². The van der Waals surface area contributed by atoms with E-state index in [1.807, 2.05) is 45.0 Å². The van der Waals surface area contributed by atoms with Crippen molar-refractivity contribution in [3.63, 3.8) is 0 Å². The van der Waals surface area contributed by atoms with Gasteiger partial charge in [0.2, 0.25) is 10.0 Å². The van der Waals surface area contributed by atoms with Crippen LogP contribution in [0.25, 0.3) is 0 Å². The van der Waals surface area contributed by atoms with Crippen molar-refractivity contribution >= 4 is 10.0 Å². The molecule has 0 heterocycles. The van der Waals surface area contributed by atoms with Crippen LogP contribution in [0.4, 0.5) is 0 Å². The molecule has 0 bridgehead atoms. The van der Waals surface area contributed by atoms with Crippen molar-refractivity contribution in [2.45, 2.75) is 31.7 Å². The molecule has 22 heavy (non-hydrogen) atoms. The number of rotatable bonds is 4. The number of benzene rings is 2. The standard InChI is InChI=1S/C17H18N2O2S/c1-12-5-8-15(9-6-12)22(20,21)19-17(11-18)16-10-13(2)4-7-14(16)3/h4-10,17,19H,1-3H3. The minimum Gasteiger partial charge on any atom is -0.207 e. The van der Waals surface area contributed by atoms with Gasteiger partial charge in [-0.3, -0.25) is 0 Å². The van der Waals surface area contributed by atoms with Crippen molar-refractivity contribution in [1.82, 2.24) is 4.72 Å². The third-order valence-electron chi connectivity index (χ3n) is 3.48. The van der Waals surface area contributed by atoms with E-state index in [1.54, 1.807) is 12.1 Å². The van der Waals surface area contributed by atoms with Crippen LogP contribution in [-0.4, -0.2) is 8.42 Å². The average Bonchev–Trinajstić information content (AvgIpc) is 2.48. The molecule has 0 saturated carbocycles. The maximum absolute atomic E-state index is 12.4. The van der Waals surface area contributed by atoms with E-state index in [1.165, 1.54) is 12.1 Å². The molecule has 2 aromatic carbocycles. The largest absolute Gasteiger partial charge is 0.241 e. The molecule has 0 spiro atoms. The van der Waals surface area contributed by atoms with Crippen LogP contribution in [0.1, 0.15) is 28.3 Å². The zero-order valence-corrected chi connectivity index (χ0v) is 13.6. The van der Waals surface area contributed by atoms with Crippen molar-refractivity contribution in [2.75, 3.05) is 0 Å². The molecule has 0 radical (unpaired) electrons. The second-order valence-electron chi connectivity index (χ2n) is 5.36. The Morgan fingerprint density at radius 1 is 1.00 bits per heavy atom. The van der Waals surface area contributed by atoms with Gasteiger partial charge in [0.15, 0.2) is 0 Å². The molecule has 0 aromatic heterocycles. The molecule has 0 aliphatic heterocycles. The van der Waals surface area contributed by atoms with Crippen molar-refractivity contribution in [3.05, 3.63) is 64.7 Å². The summed E-state index contributed by atoms with van der Waals surface area (Å²) in [4.78, 5) is 0.156. The van der Waals surface area contributed by atoms with Crippen molar-refractivity contribution in [1.29, 1.82) is 5.26 Å². The maximum Gasteiger partial charge on any atom is 0.241 e. The summed E-state index contributed by atoms with van der Waals surface area (Å²) in [5.74, 6) is 0. The molecule has 0 aliphatic carbocycles. The number of nitrogens with one attached hydrogen (secondary N) is 1. The lowest BCUT2D eigenvalue weighted by atomic mass is 10.0. The summed E-state index contributed by atoms with van der Waals surface area (Å²) in [7, 11) is -3.74. The molecule has 114 valence electrons. The fourth-order valence-corrected chi connectivity index (χ4v) is 3.29. The van der Waals surface area contributed by atoms with E-state index in [0.29, 0.717) is 5.56 Å². The predicted octanol–water partition coefficient (Wildman–Crippen LogP) is 3.16. The lowest BCUT2D eigenvalue weighted by molar-refractivity contribution is 0.575. The highest BCUT2D eigenvalue weighted by Gasteiger charge is 2.22. The normalized spacial score (nSPS) is 12.6. The summed E-state index contributed by atoms with van der Waals surface area (Å²) in [5.41, 5.74) is 3.52. The van der Waals surface area contributed by atoms with Gasteiger partial charge < -0.3 is 0 Å². The Labute approximate surface area is 131 Å². The Hall–Kier alpha value is -2.16. The first kappa shape index (κ1) is 16.2. The van der Waals surface area contributed by atoms with E-state index in [0.717, 1.165) is 16.7 Å². The first-order valence-electron chi connectivity index (χ1n) is 6.89. The molecular formula is C17H18N2O2S. The molecule has 2 rings (SSSR count). The predicted molar refractivity (Wildman–Crippen MR) is 85.8 cm³/mol. The zero-order chi connectivity index (χ0) is 16.3. The van der Waals surface area contributed by atoms with Gasteiger partial charge >= 0.3 is 0 Å². The van der Waals surface area contributed by atoms with Gasteiger partial charge in [0.1, 0.15) is 6.04 Å². The smallest absolute Gasteiger partial charge is 0.207 e. The third kappa shape index (κ3) is 3.53. The summed E-state index contributed by atoms with van der Waals surface area (Å²) >= 11 is 0. The van der Waals surface area contributed by atoms with E-state index in [4.69, 9.17) is 0 Å². The van der Waals surface area contributed by atoms with Gasteiger partial charge in [-0.25, -0.2) is 8.42 Å². The monoisotopic (exact) mass is 314 g/mol. The molecule has 4 nitrogen and oxygen atoms in total. The summed E-state index contributed by atoms with van der Waals surface area (Å²) in [5, 5.41) is 9.37. The highest BCUT2D eigenvalue weighted by atomic mass is 32.2. The molecule has 1 N–H and O–H groups in total. The lowest BCUT2D eigenvalue weighted by Gasteiger charge is -2.15.